The first kappa shape index (κ1) is 19.6. The fourth-order valence-corrected chi connectivity index (χ4v) is 3.59. The molecule has 1 atom stereocenters. The van der Waals surface area contributed by atoms with Gasteiger partial charge in [0.05, 0.1) is 19.2 Å². The Morgan fingerprint density at radius 1 is 1.04 bits per heavy atom. The monoisotopic (exact) mass is 409 g/mol. The second-order valence-corrected chi connectivity index (χ2v) is 7.16. The molecule has 27 heavy (non-hydrogen) atoms. The molecule has 0 unspecified atom stereocenters. The summed E-state index contributed by atoms with van der Waals surface area (Å²) in [7, 11) is 3.21. The van der Waals surface area contributed by atoms with Crippen molar-refractivity contribution in [2.75, 3.05) is 20.8 Å². The second kappa shape index (κ2) is 8.28. The number of benzene rings is 2. The molecule has 0 N–H and O–H groups in total. The molecule has 0 bridgehead atoms. The number of hydrogen-bond acceptors (Lipinski definition) is 4. The maximum absolute atomic E-state index is 12.8. The van der Waals surface area contributed by atoms with Crippen molar-refractivity contribution in [3.8, 4) is 17.2 Å². The third-order valence-electron chi connectivity index (χ3n) is 4.58. The molecule has 2 aromatic rings. The van der Waals surface area contributed by atoms with Crippen LogP contribution in [0.4, 0.5) is 0 Å². The number of hydrogen-bond donors (Lipinski definition) is 0. The van der Waals surface area contributed by atoms with Crippen LogP contribution in [0.25, 0.3) is 0 Å². The highest BCUT2D eigenvalue weighted by Gasteiger charge is 2.27. The summed E-state index contributed by atoms with van der Waals surface area (Å²) in [4.78, 5) is 14.6. The van der Waals surface area contributed by atoms with Crippen molar-refractivity contribution in [1.29, 1.82) is 0 Å². The largest absolute Gasteiger partial charge is 0.493 e. The van der Waals surface area contributed by atoms with Gasteiger partial charge in [0.25, 0.3) is 5.91 Å². The van der Waals surface area contributed by atoms with Gasteiger partial charge < -0.3 is 19.1 Å². The number of methoxy groups -OCH3 is 2. The first-order chi connectivity index (χ1) is 12.9. The van der Waals surface area contributed by atoms with Gasteiger partial charge >= 0.3 is 0 Å². The van der Waals surface area contributed by atoms with Crippen LogP contribution in [0.5, 0.6) is 17.2 Å². The fraction of sp³-hybridized carbons (Fsp3) is 0.350. The van der Waals surface area contributed by atoms with Crippen LogP contribution >= 0.6 is 23.2 Å². The molecule has 0 saturated heterocycles. The highest BCUT2D eigenvalue weighted by Crippen LogP contribution is 2.34. The van der Waals surface area contributed by atoms with Crippen LogP contribution in [0.15, 0.2) is 30.3 Å². The summed E-state index contributed by atoms with van der Waals surface area (Å²) in [5.41, 5.74) is 2.20. The normalized spacial score (nSPS) is 14.3. The quantitative estimate of drug-likeness (QED) is 0.735. The molecular formula is C20H21Cl2NO4. The average Bonchev–Trinajstić information content (AvgIpc) is 2.67. The van der Waals surface area contributed by atoms with E-state index in [1.54, 1.807) is 44.2 Å². The molecule has 0 spiro atoms. The van der Waals surface area contributed by atoms with E-state index in [-0.39, 0.29) is 5.91 Å². The molecule has 0 aliphatic carbocycles. The summed E-state index contributed by atoms with van der Waals surface area (Å²) in [6.45, 7) is 2.83. The Labute approximate surface area is 168 Å². The lowest BCUT2D eigenvalue weighted by atomic mass is 9.98. The highest BCUT2D eigenvalue weighted by atomic mass is 35.5. The Kier molecular flexibility index (Phi) is 6.02. The van der Waals surface area contributed by atoms with Gasteiger partial charge in [-0.25, -0.2) is 0 Å². The van der Waals surface area contributed by atoms with Crippen LogP contribution in [-0.2, 0) is 17.8 Å². The van der Waals surface area contributed by atoms with E-state index in [0.29, 0.717) is 40.4 Å². The van der Waals surface area contributed by atoms with E-state index in [1.165, 1.54) is 0 Å². The summed E-state index contributed by atoms with van der Waals surface area (Å²) in [6, 6.07) is 8.83. The number of carbonyl (C=O) groups is 1. The molecule has 0 radical (unpaired) electrons. The molecule has 2 aromatic carbocycles. The SMILES string of the molecule is COc1cc2c(cc1OC)CN(C(=O)[C@H](C)Oc1ccc(Cl)cc1Cl)CC2. The van der Waals surface area contributed by atoms with Crippen molar-refractivity contribution < 1.29 is 19.0 Å². The van der Waals surface area contributed by atoms with Gasteiger partial charge in [0, 0.05) is 18.1 Å². The maximum Gasteiger partial charge on any atom is 0.263 e. The molecule has 1 heterocycles. The molecule has 1 aliphatic heterocycles. The Morgan fingerprint density at radius 2 is 1.70 bits per heavy atom. The number of nitrogens with zero attached hydrogens (tertiary/aromatic N) is 1. The minimum absolute atomic E-state index is 0.0959. The van der Waals surface area contributed by atoms with E-state index >= 15 is 0 Å². The molecule has 1 amide bonds. The van der Waals surface area contributed by atoms with Gasteiger partial charge in [-0.3, -0.25) is 4.79 Å². The number of halogens is 2. The van der Waals surface area contributed by atoms with Gasteiger partial charge in [0.1, 0.15) is 5.75 Å². The summed E-state index contributed by atoms with van der Waals surface area (Å²) in [5.74, 6) is 1.69. The Bertz CT molecular complexity index is 856. The van der Waals surface area contributed by atoms with E-state index in [1.807, 2.05) is 12.1 Å². The standard InChI is InChI=1S/C20H21Cl2NO4/c1-12(27-17-5-4-15(21)10-16(17)22)20(24)23-7-6-13-8-18(25-2)19(26-3)9-14(13)11-23/h4-5,8-10,12H,6-7,11H2,1-3H3/t12-/m0/s1. The van der Waals surface area contributed by atoms with E-state index < -0.39 is 6.10 Å². The van der Waals surface area contributed by atoms with Crippen molar-refractivity contribution in [2.24, 2.45) is 0 Å². The number of carbonyl (C=O) groups excluding carboxylic acids is 1. The zero-order valence-corrected chi connectivity index (χ0v) is 16.9. The van der Waals surface area contributed by atoms with Crippen LogP contribution in [0, 0.1) is 0 Å². The molecule has 0 aromatic heterocycles. The average molecular weight is 410 g/mol. The lowest BCUT2D eigenvalue weighted by Crippen LogP contribution is -2.43. The van der Waals surface area contributed by atoms with E-state index in [0.717, 1.165) is 17.5 Å². The molecule has 0 fully saturated rings. The van der Waals surface area contributed by atoms with Crippen LogP contribution in [0.3, 0.4) is 0 Å². The first-order valence-electron chi connectivity index (χ1n) is 8.57. The lowest BCUT2D eigenvalue weighted by Gasteiger charge is -2.31. The van der Waals surface area contributed by atoms with E-state index in [9.17, 15) is 4.79 Å². The van der Waals surface area contributed by atoms with Gasteiger partial charge in [0.2, 0.25) is 0 Å². The molecule has 144 valence electrons. The minimum atomic E-state index is -0.662. The molecule has 0 saturated carbocycles. The molecule has 7 heteroatoms. The number of amides is 1. The predicted molar refractivity (Wildman–Crippen MR) is 105 cm³/mol. The Hall–Kier alpha value is -2.11. The highest BCUT2D eigenvalue weighted by molar-refractivity contribution is 6.35. The third-order valence-corrected chi connectivity index (χ3v) is 5.11. The second-order valence-electron chi connectivity index (χ2n) is 6.32. The van der Waals surface area contributed by atoms with Crippen molar-refractivity contribution in [2.45, 2.75) is 26.0 Å². The van der Waals surface area contributed by atoms with E-state index in [2.05, 4.69) is 0 Å². The molecule has 5 nitrogen and oxygen atoms in total. The Morgan fingerprint density at radius 3 is 2.33 bits per heavy atom. The van der Waals surface area contributed by atoms with Crippen molar-refractivity contribution >= 4 is 29.1 Å². The van der Waals surface area contributed by atoms with Gasteiger partial charge in [-0.15, -0.1) is 0 Å². The summed E-state index contributed by atoms with van der Waals surface area (Å²) >= 11 is 12.0. The molecular weight excluding hydrogens is 389 g/mol. The maximum atomic E-state index is 12.8. The van der Waals surface area contributed by atoms with Gasteiger partial charge in [-0.05, 0) is 54.8 Å². The van der Waals surface area contributed by atoms with Crippen LogP contribution < -0.4 is 14.2 Å². The Balaban J connectivity index is 1.73. The fourth-order valence-electron chi connectivity index (χ4n) is 3.14. The van der Waals surface area contributed by atoms with Crippen LogP contribution in [-0.4, -0.2) is 37.7 Å². The van der Waals surface area contributed by atoms with Gasteiger partial charge in [-0.1, -0.05) is 23.2 Å². The summed E-state index contributed by atoms with van der Waals surface area (Å²) in [6.07, 6.45) is 0.0842. The summed E-state index contributed by atoms with van der Waals surface area (Å²) in [5, 5.41) is 0.895. The first-order valence-corrected chi connectivity index (χ1v) is 9.32. The van der Waals surface area contributed by atoms with Crippen LogP contribution in [0.1, 0.15) is 18.1 Å². The number of fused-ring (bicyclic) bond motifs is 1. The van der Waals surface area contributed by atoms with Gasteiger partial charge in [0.15, 0.2) is 17.6 Å². The van der Waals surface area contributed by atoms with Crippen molar-refractivity contribution in [3.63, 3.8) is 0 Å². The number of ether oxygens (including phenoxy) is 3. The summed E-state index contributed by atoms with van der Waals surface area (Å²) < 4.78 is 16.5. The smallest absolute Gasteiger partial charge is 0.263 e. The van der Waals surface area contributed by atoms with Crippen molar-refractivity contribution in [3.05, 3.63) is 51.5 Å². The predicted octanol–water partition coefficient (Wildman–Crippen LogP) is 4.36. The van der Waals surface area contributed by atoms with Crippen molar-refractivity contribution in [1.82, 2.24) is 4.90 Å². The zero-order chi connectivity index (χ0) is 19.6. The van der Waals surface area contributed by atoms with E-state index in [4.69, 9.17) is 37.4 Å². The molecule has 1 aliphatic rings. The molecule has 3 rings (SSSR count). The topological polar surface area (TPSA) is 48.0 Å². The third kappa shape index (κ3) is 4.25. The van der Waals surface area contributed by atoms with Gasteiger partial charge in [-0.2, -0.15) is 0 Å². The lowest BCUT2D eigenvalue weighted by molar-refractivity contribution is -0.138. The van der Waals surface area contributed by atoms with Crippen LogP contribution in [0.2, 0.25) is 10.0 Å². The number of rotatable bonds is 5. The zero-order valence-electron chi connectivity index (χ0n) is 15.4. The minimum Gasteiger partial charge on any atom is -0.493 e.